The fourth-order valence-corrected chi connectivity index (χ4v) is 1.80. The van der Waals surface area contributed by atoms with Gasteiger partial charge in [0.15, 0.2) is 0 Å². The SMILES string of the molecule is CNc1nc(C)c([N+](=O)[O-])c(NCCOCC2CC2)n1. The number of hydrogen-bond donors (Lipinski definition) is 2. The van der Waals surface area contributed by atoms with Gasteiger partial charge >= 0.3 is 5.69 Å². The summed E-state index contributed by atoms with van der Waals surface area (Å²) in [5.41, 5.74) is 0.238. The summed E-state index contributed by atoms with van der Waals surface area (Å²) in [5, 5.41) is 16.8. The molecule has 1 fully saturated rings. The Labute approximate surface area is 117 Å². The zero-order chi connectivity index (χ0) is 14.5. The third kappa shape index (κ3) is 3.77. The highest BCUT2D eigenvalue weighted by Gasteiger charge is 2.22. The van der Waals surface area contributed by atoms with Crippen LogP contribution in [0.1, 0.15) is 18.5 Å². The van der Waals surface area contributed by atoms with Crippen LogP contribution in [0.2, 0.25) is 0 Å². The first-order valence-corrected chi connectivity index (χ1v) is 6.64. The summed E-state index contributed by atoms with van der Waals surface area (Å²) in [4.78, 5) is 18.7. The van der Waals surface area contributed by atoms with E-state index < -0.39 is 4.92 Å². The summed E-state index contributed by atoms with van der Waals surface area (Å²) in [6.07, 6.45) is 2.49. The Morgan fingerprint density at radius 3 is 2.80 bits per heavy atom. The lowest BCUT2D eigenvalue weighted by molar-refractivity contribution is -0.385. The lowest BCUT2D eigenvalue weighted by Gasteiger charge is -2.09. The average molecular weight is 281 g/mol. The summed E-state index contributed by atoms with van der Waals surface area (Å²) in [6, 6.07) is 0. The number of nitrogens with zero attached hydrogens (tertiary/aromatic N) is 3. The Hall–Kier alpha value is -1.96. The third-order valence-electron chi connectivity index (χ3n) is 3.05. The van der Waals surface area contributed by atoms with E-state index >= 15 is 0 Å². The number of anilines is 2. The van der Waals surface area contributed by atoms with Crippen molar-refractivity contribution in [2.75, 3.05) is 37.4 Å². The summed E-state index contributed by atoms with van der Waals surface area (Å²) < 4.78 is 5.48. The van der Waals surface area contributed by atoms with E-state index in [2.05, 4.69) is 20.6 Å². The molecule has 1 aromatic heterocycles. The molecule has 110 valence electrons. The van der Waals surface area contributed by atoms with Crippen LogP contribution in [0.15, 0.2) is 0 Å². The number of hydrogen-bond acceptors (Lipinski definition) is 7. The molecular weight excluding hydrogens is 262 g/mol. The van der Waals surface area contributed by atoms with Gasteiger partial charge in [0.1, 0.15) is 5.69 Å². The van der Waals surface area contributed by atoms with E-state index in [1.165, 1.54) is 12.8 Å². The highest BCUT2D eigenvalue weighted by atomic mass is 16.6. The summed E-state index contributed by atoms with van der Waals surface area (Å²) in [7, 11) is 1.67. The lowest BCUT2D eigenvalue weighted by atomic mass is 10.3. The lowest BCUT2D eigenvalue weighted by Crippen LogP contribution is -2.14. The molecular formula is C12H19N5O3. The van der Waals surface area contributed by atoms with E-state index in [1.807, 2.05) is 0 Å². The Bertz CT molecular complexity index is 490. The zero-order valence-electron chi connectivity index (χ0n) is 11.7. The second kappa shape index (κ2) is 6.47. The van der Waals surface area contributed by atoms with Crippen LogP contribution in [0, 0.1) is 23.0 Å². The van der Waals surface area contributed by atoms with Crippen molar-refractivity contribution in [3.8, 4) is 0 Å². The topological polar surface area (TPSA) is 102 Å². The predicted molar refractivity (Wildman–Crippen MR) is 75.0 cm³/mol. The monoisotopic (exact) mass is 281 g/mol. The molecule has 0 atom stereocenters. The van der Waals surface area contributed by atoms with Crippen LogP contribution in [0.5, 0.6) is 0 Å². The number of aromatic nitrogens is 2. The minimum absolute atomic E-state index is 0.0915. The van der Waals surface area contributed by atoms with Gasteiger partial charge in [0.05, 0.1) is 11.5 Å². The minimum Gasteiger partial charge on any atom is -0.379 e. The number of ether oxygens (including phenoxy) is 1. The molecule has 8 nitrogen and oxygen atoms in total. The van der Waals surface area contributed by atoms with E-state index in [9.17, 15) is 10.1 Å². The molecule has 1 heterocycles. The van der Waals surface area contributed by atoms with Gasteiger partial charge in [0.25, 0.3) is 0 Å². The Balaban J connectivity index is 1.96. The number of nitrogens with one attached hydrogen (secondary N) is 2. The molecule has 0 radical (unpaired) electrons. The number of rotatable bonds is 8. The van der Waals surface area contributed by atoms with Crippen LogP contribution in [0.4, 0.5) is 17.5 Å². The average Bonchev–Trinajstić information content (AvgIpc) is 3.21. The predicted octanol–water partition coefficient (Wildman–Crippen LogP) is 1.57. The van der Waals surface area contributed by atoms with Crippen molar-refractivity contribution in [2.45, 2.75) is 19.8 Å². The normalized spacial score (nSPS) is 14.1. The van der Waals surface area contributed by atoms with Crippen LogP contribution in [0.25, 0.3) is 0 Å². The maximum absolute atomic E-state index is 11.1. The van der Waals surface area contributed by atoms with Gasteiger partial charge in [-0.1, -0.05) is 0 Å². The van der Waals surface area contributed by atoms with E-state index in [4.69, 9.17) is 4.74 Å². The van der Waals surface area contributed by atoms with Crippen molar-refractivity contribution in [3.63, 3.8) is 0 Å². The molecule has 0 bridgehead atoms. The standard InChI is InChI=1S/C12H19N5O3/c1-8-10(17(18)19)11(16-12(13-2)15-8)14-5-6-20-7-9-3-4-9/h9H,3-7H2,1-2H3,(H2,13,14,15,16). The summed E-state index contributed by atoms with van der Waals surface area (Å²) >= 11 is 0. The van der Waals surface area contributed by atoms with Crippen molar-refractivity contribution < 1.29 is 9.66 Å². The highest BCUT2D eigenvalue weighted by Crippen LogP contribution is 2.29. The van der Waals surface area contributed by atoms with Crippen molar-refractivity contribution in [1.29, 1.82) is 0 Å². The van der Waals surface area contributed by atoms with E-state index in [0.29, 0.717) is 30.7 Å². The van der Waals surface area contributed by atoms with E-state index in [-0.39, 0.29) is 11.5 Å². The zero-order valence-corrected chi connectivity index (χ0v) is 11.7. The maximum Gasteiger partial charge on any atom is 0.332 e. The second-order valence-electron chi connectivity index (χ2n) is 4.78. The fraction of sp³-hybridized carbons (Fsp3) is 0.667. The first-order valence-electron chi connectivity index (χ1n) is 6.64. The smallest absolute Gasteiger partial charge is 0.332 e. The van der Waals surface area contributed by atoms with Crippen molar-refractivity contribution in [3.05, 3.63) is 15.8 Å². The van der Waals surface area contributed by atoms with Gasteiger partial charge in [0, 0.05) is 20.2 Å². The molecule has 1 aliphatic carbocycles. The second-order valence-corrected chi connectivity index (χ2v) is 4.78. The Morgan fingerprint density at radius 1 is 1.45 bits per heavy atom. The molecule has 0 saturated heterocycles. The van der Waals surface area contributed by atoms with Crippen LogP contribution in [-0.2, 0) is 4.74 Å². The molecule has 1 aromatic rings. The molecule has 0 aliphatic heterocycles. The fourth-order valence-electron chi connectivity index (χ4n) is 1.80. The Kier molecular flexibility index (Phi) is 4.67. The molecule has 2 rings (SSSR count). The summed E-state index contributed by atoms with van der Waals surface area (Å²) in [6.45, 7) is 3.35. The van der Waals surface area contributed by atoms with Crippen LogP contribution in [-0.4, -0.2) is 41.7 Å². The molecule has 20 heavy (non-hydrogen) atoms. The van der Waals surface area contributed by atoms with Gasteiger partial charge in [-0.25, -0.2) is 4.98 Å². The molecule has 1 saturated carbocycles. The minimum atomic E-state index is -0.470. The van der Waals surface area contributed by atoms with Crippen molar-refractivity contribution in [2.24, 2.45) is 5.92 Å². The molecule has 1 aliphatic rings. The first-order chi connectivity index (χ1) is 9.61. The molecule has 0 aromatic carbocycles. The van der Waals surface area contributed by atoms with Crippen LogP contribution < -0.4 is 10.6 Å². The molecule has 0 spiro atoms. The van der Waals surface area contributed by atoms with Crippen molar-refractivity contribution in [1.82, 2.24) is 9.97 Å². The highest BCUT2D eigenvalue weighted by molar-refractivity contribution is 5.60. The van der Waals surface area contributed by atoms with Gasteiger partial charge in [-0.3, -0.25) is 10.1 Å². The quantitative estimate of drug-likeness (QED) is 0.423. The van der Waals surface area contributed by atoms with Gasteiger partial charge in [-0.05, 0) is 25.7 Å². The van der Waals surface area contributed by atoms with Gasteiger partial charge in [-0.15, -0.1) is 0 Å². The number of aryl methyl sites for hydroxylation is 1. The number of nitro groups is 1. The van der Waals surface area contributed by atoms with E-state index in [0.717, 1.165) is 6.61 Å². The summed E-state index contributed by atoms with van der Waals surface area (Å²) in [5.74, 6) is 1.29. The third-order valence-corrected chi connectivity index (χ3v) is 3.05. The maximum atomic E-state index is 11.1. The Morgan fingerprint density at radius 2 is 2.20 bits per heavy atom. The first kappa shape index (κ1) is 14.4. The van der Waals surface area contributed by atoms with Crippen molar-refractivity contribution >= 4 is 17.5 Å². The van der Waals surface area contributed by atoms with Gasteiger partial charge in [-0.2, -0.15) is 4.98 Å². The van der Waals surface area contributed by atoms with E-state index in [1.54, 1.807) is 14.0 Å². The largest absolute Gasteiger partial charge is 0.379 e. The molecule has 0 unspecified atom stereocenters. The molecule has 0 amide bonds. The van der Waals surface area contributed by atoms with Crippen LogP contribution >= 0.6 is 0 Å². The van der Waals surface area contributed by atoms with Gasteiger partial charge in [0.2, 0.25) is 11.8 Å². The van der Waals surface area contributed by atoms with Crippen LogP contribution in [0.3, 0.4) is 0 Å². The van der Waals surface area contributed by atoms with Gasteiger partial charge < -0.3 is 15.4 Å². The molecule has 2 N–H and O–H groups in total. The molecule has 8 heteroatoms.